The maximum atomic E-state index is 5.47. The molecule has 1 unspecified atom stereocenters. The number of aromatic nitrogens is 1. The molecule has 0 aromatic carbocycles. The first-order valence-corrected chi connectivity index (χ1v) is 8.00. The zero-order chi connectivity index (χ0) is 12.2. The third kappa shape index (κ3) is 3.11. The predicted molar refractivity (Wildman–Crippen MR) is 74.0 cm³/mol. The second-order valence-electron chi connectivity index (χ2n) is 5.48. The van der Waals surface area contributed by atoms with E-state index in [1.807, 2.05) is 6.20 Å². The van der Waals surface area contributed by atoms with Crippen molar-refractivity contribution in [3.8, 4) is 0 Å². The minimum Gasteiger partial charge on any atom is -0.381 e. The number of likely N-dealkylation sites (tertiary alicyclic amines) is 1. The van der Waals surface area contributed by atoms with Crippen LogP contribution in [0, 0.1) is 5.92 Å². The number of hydrogen-bond acceptors (Lipinski definition) is 4. The van der Waals surface area contributed by atoms with Crippen LogP contribution in [0.2, 0.25) is 0 Å². The maximum Gasteiger partial charge on any atom is 0.0928 e. The molecule has 18 heavy (non-hydrogen) atoms. The van der Waals surface area contributed by atoms with Gasteiger partial charge in [0.05, 0.1) is 5.01 Å². The Hall–Kier alpha value is -0.450. The summed E-state index contributed by atoms with van der Waals surface area (Å²) in [5, 5.41) is 3.41. The lowest BCUT2D eigenvalue weighted by atomic mass is 9.92. The summed E-state index contributed by atoms with van der Waals surface area (Å²) in [5.74, 6) is 0.813. The Balaban J connectivity index is 1.54. The highest BCUT2D eigenvalue weighted by Crippen LogP contribution is 2.25. The summed E-state index contributed by atoms with van der Waals surface area (Å²) in [5.41, 5.74) is 0. The van der Waals surface area contributed by atoms with E-state index in [0.717, 1.165) is 25.2 Å². The predicted octanol–water partition coefficient (Wildman–Crippen LogP) is 2.58. The van der Waals surface area contributed by atoms with Crippen LogP contribution in [-0.2, 0) is 11.2 Å². The number of piperidine rings is 1. The molecule has 0 amide bonds. The van der Waals surface area contributed by atoms with Gasteiger partial charge in [-0.15, -0.1) is 11.3 Å². The maximum absolute atomic E-state index is 5.47. The first-order valence-electron chi connectivity index (χ1n) is 7.12. The van der Waals surface area contributed by atoms with Gasteiger partial charge in [0.15, 0.2) is 0 Å². The molecule has 2 aliphatic heterocycles. The fraction of sp³-hybridized carbons (Fsp3) is 0.786. The quantitative estimate of drug-likeness (QED) is 0.841. The monoisotopic (exact) mass is 266 g/mol. The van der Waals surface area contributed by atoms with Crippen molar-refractivity contribution in [3.63, 3.8) is 0 Å². The summed E-state index contributed by atoms with van der Waals surface area (Å²) in [6.07, 6.45) is 8.29. The third-order valence-electron chi connectivity index (χ3n) is 4.20. The molecule has 2 aliphatic rings. The highest BCUT2D eigenvalue weighted by atomic mass is 32.1. The summed E-state index contributed by atoms with van der Waals surface area (Å²) in [4.78, 5) is 7.14. The summed E-state index contributed by atoms with van der Waals surface area (Å²) >= 11 is 1.80. The van der Waals surface area contributed by atoms with Crippen molar-refractivity contribution in [3.05, 3.63) is 16.6 Å². The fourth-order valence-electron chi connectivity index (χ4n) is 3.25. The standard InChI is InChI=1S/C14H22N2OS/c1-2-12(10-14-15-5-9-18-14)11-16(6-1)13-3-7-17-8-4-13/h5,9,12-13H,1-4,6-8,10-11H2. The zero-order valence-electron chi connectivity index (χ0n) is 10.9. The van der Waals surface area contributed by atoms with Crippen LogP contribution in [0.3, 0.4) is 0 Å². The van der Waals surface area contributed by atoms with E-state index in [4.69, 9.17) is 4.74 Å². The van der Waals surface area contributed by atoms with E-state index in [-0.39, 0.29) is 0 Å². The molecular formula is C14H22N2OS. The second kappa shape index (κ2) is 6.13. The van der Waals surface area contributed by atoms with Crippen molar-refractivity contribution in [2.45, 2.75) is 38.1 Å². The number of ether oxygens (including phenoxy) is 1. The van der Waals surface area contributed by atoms with Gasteiger partial charge < -0.3 is 4.74 Å². The van der Waals surface area contributed by atoms with Gasteiger partial charge in [0.1, 0.15) is 0 Å². The summed E-state index contributed by atoms with van der Waals surface area (Å²) in [7, 11) is 0. The summed E-state index contributed by atoms with van der Waals surface area (Å²) < 4.78 is 5.47. The lowest BCUT2D eigenvalue weighted by Gasteiger charge is -2.39. The Labute approximate surface area is 113 Å². The molecule has 0 N–H and O–H groups in total. The average Bonchev–Trinajstić information content (AvgIpc) is 2.93. The van der Waals surface area contributed by atoms with E-state index >= 15 is 0 Å². The molecule has 1 aromatic heterocycles. The second-order valence-corrected chi connectivity index (χ2v) is 6.46. The fourth-order valence-corrected chi connectivity index (χ4v) is 3.98. The molecule has 4 heteroatoms. The molecular weight excluding hydrogens is 244 g/mol. The van der Waals surface area contributed by atoms with E-state index in [2.05, 4.69) is 15.3 Å². The molecule has 0 aliphatic carbocycles. The van der Waals surface area contributed by atoms with Gasteiger partial charge in [-0.25, -0.2) is 4.98 Å². The van der Waals surface area contributed by atoms with Gasteiger partial charge in [0.2, 0.25) is 0 Å². The number of thiazole rings is 1. The first kappa shape index (κ1) is 12.6. The van der Waals surface area contributed by atoms with Crippen LogP contribution in [0.4, 0.5) is 0 Å². The van der Waals surface area contributed by atoms with Crippen molar-refractivity contribution in [1.82, 2.24) is 9.88 Å². The summed E-state index contributed by atoms with van der Waals surface area (Å²) in [6, 6.07) is 0.776. The van der Waals surface area contributed by atoms with Gasteiger partial charge in [-0.3, -0.25) is 4.90 Å². The molecule has 3 nitrogen and oxygen atoms in total. The van der Waals surface area contributed by atoms with Crippen LogP contribution in [0.1, 0.15) is 30.7 Å². The molecule has 100 valence electrons. The average molecular weight is 266 g/mol. The lowest BCUT2D eigenvalue weighted by Crippen LogP contribution is -2.45. The topological polar surface area (TPSA) is 25.4 Å². The van der Waals surface area contributed by atoms with E-state index in [1.54, 1.807) is 11.3 Å². The molecule has 0 bridgehead atoms. The van der Waals surface area contributed by atoms with Crippen LogP contribution < -0.4 is 0 Å². The van der Waals surface area contributed by atoms with E-state index in [9.17, 15) is 0 Å². The van der Waals surface area contributed by atoms with Crippen molar-refractivity contribution in [2.75, 3.05) is 26.3 Å². The van der Waals surface area contributed by atoms with E-state index in [1.165, 1.54) is 50.2 Å². The van der Waals surface area contributed by atoms with Crippen molar-refractivity contribution >= 4 is 11.3 Å². The number of nitrogens with zero attached hydrogens (tertiary/aromatic N) is 2. The van der Waals surface area contributed by atoms with Crippen LogP contribution in [0.25, 0.3) is 0 Å². The molecule has 2 fully saturated rings. The Kier molecular flexibility index (Phi) is 4.28. The van der Waals surface area contributed by atoms with Gasteiger partial charge in [-0.1, -0.05) is 0 Å². The SMILES string of the molecule is c1csc(CC2CCCN(C3CCOCC3)C2)n1. The number of rotatable bonds is 3. The third-order valence-corrected chi connectivity index (χ3v) is 5.01. The smallest absolute Gasteiger partial charge is 0.0928 e. The molecule has 2 saturated heterocycles. The Morgan fingerprint density at radius 1 is 1.33 bits per heavy atom. The van der Waals surface area contributed by atoms with Gasteiger partial charge in [-0.2, -0.15) is 0 Å². The van der Waals surface area contributed by atoms with E-state index < -0.39 is 0 Å². The highest BCUT2D eigenvalue weighted by molar-refractivity contribution is 7.09. The van der Waals surface area contributed by atoms with Crippen molar-refractivity contribution in [2.24, 2.45) is 5.92 Å². The van der Waals surface area contributed by atoms with Crippen molar-refractivity contribution in [1.29, 1.82) is 0 Å². The van der Waals surface area contributed by atoms with Gasteiger partial charge in [0.25, 0.3) is 0 Å². The van der Waals surface area contributed by atoms with Crippen molar-refractivity contribution < 1.29 is 4.74 Å². The Morgan fingerprint density at radius 3 is 3.00 bits per heavy atom. The molecule has 3 heterocycles. The molecule has 1 atom stereocenters. The molecule has 3 rings (SSSR count). The number of hydrogen-bond donors (Lipinski definition) is 0. The highest BCUT2D eigenvalue weighted by Gasteiger charge is 2.27. The summed E-state index contributed by atoms with van der Waals surface area (Å²) in [6.45, 7) is 4.47. The van der Waals surface area contributed by atoms with Crippen LogP contribution in [0.15, 0.2) is 11.6 Å². The Morgan fingerprint density at radius 2 is 2.22 bits per heavy atom. The Bertz CT molecular complexity index is 349. The largest absolute Gasteiger partial charge is 0.381 e. The minimum absolute atomic E-state index is 0.776. The molecule has 1 aromatic rings. The van der Waals surface area contributed by atoms with Gasteiger partial charge >= 0.3 is 0 Å². The van der Waals surface area contributed by atoms with E-state index in [0.29, 0.717) is 0 Å². The molecule has 0 spiro atoms. The minimum atomic E-state index is 0.776. The first-order chi connectivity index (χ1) is 8.92. The van der Waals surface area contributed by atoms with Crippen LogP contribution in [-0.4, -0.2) is 42.2 Å². The molecule has 0 radical (unpaired) electrons. The zero-order valence-corrected chi connectivity index (χ0v) is 11.7. The molecule has 0 saturated carbocycles. The van der Waals surface area contributed by atoms with Gasteiger partial charge in [-0.05, 0) is 38.1 Å². The normalized spacial score (nSPS) is 27.4. The van der Waals surface area contributed by atoms with Crippen LogP contribution >= 0.6 is 11.3 Å². The lowest BCUT2D eigenvalue weighted by molar-refractivity contribution is 0.0178. The van der Waals surface area contributed by atoms with Crippen LogP contribution in [0.5, 0.6) is 0 Å². The van der Waals surface area contributed by atoms with Gasteiger partial charge in [0, 0.05) is 43.8 Å².